The molecule has 1 aromatic heterocycles. The summed E-state index contributed by atoms with van der Waals surface area (Å²) in [5, 5.41) is 3.54. The van der Waals surface area contributed by atoms with E-state index in [1.807, 2.05) is 18.0 Å². The van der Waals surface area contributed by atoms with Crippen LogP contribution < -0.4 is 5.32 Å². The molecule has 108 valence electrons. The van der Waals surface area contributed by atoms with Crippen LogP contribution in [-0.2, 0) is 0 Å². The van der Waals surface area contributed by atoms with Crippen LogP contribution in [0.5, 0.6) is 0 Å². The molecule has 1 N–H and O–H groups in total. The van der Waals surface area contributed by atoms with Crippen LogP contribution in [0.2, 0.25) is 0 Å². The number of nitrogens with one attached hydrogen (secondary N) is 1. The number of rotatable bonds is 9. The molecule has 0 aliphatic carbocycles. The van der Waals surface area contributed by atoms with E-state index in [-0.39, 0.29) is 0 Å². The van der Waals surface area contributed by atoms with Crippen molar-refractivity contribution in [3.05, 3.63) is 24.0 Å². The average Bonchev–Trinajstić information content (AvgIpc) is 2.41. The van der Waals surface area contributed by atoms with Gasteiger partial charge in [0.15, 0.2) is 0 Å². The van der Waals surface area contributed by atoms with E-state index in [0.717, 1.165) is 18.9 Å². The molecule has 1 atom stereocenters. The molecular formula is C16H28N2S. The lowest BCUT2D eigenvalue weighted by molar-refractivity contribution is 0.507. The van der Waals surface area contributed by atoms with Gasteiger partial charge in [0.25, 0.3) is 0 Å². The zero-order valence-electron chi connectivity index (χ0n) is 12.8. The number of hydrogen-bond donors (Lipinski definition) is 1. The lowest BCUT2D eigenvalue weighted by Crippen LogP contribution is -2.22. The van der Waals surface area contributed by atoms with E-state index in [0.29, 0.717) is 6.04 Å². The molecule has 0 saturated heterocycles. The minimum absolute atomic E-state index is 0.398. The van der Waals surface area contributed by atoms with Crippen molar-refractivity contribution in [1.82, 2.24) is 10.3 Å². The largest absolute Gasteiger partial charge is 0.309 e. The predicted octanol–water partition coefficient (Wildman–Crippen LogP) is 4.67. The third kappa shape index (κ3) is 6.44. The molecule has 1 aromatic rings. The minimum atomic E-state index is 0.398. The van der Waals surface area contributed by atoms with Crippen molar-refractivity contribution >= 4 is 11.8 Å². The Morgan fingerprint density at radius 3 is 2.58 bits per heavy atom. The van der Waals surface area contributed by atoms with Crippen LogP contribution in [0.4, 0.5) is 0 Å². The first-order valence-electron chi connectivity index (χ1n) is 7.49. The molecule has 0 aliphatic rings. The van der Waals surface area contributed by atoms with Gasteiger partial charge in [-0.05, 0) is 49.6 Å². The van der Waals surface area contributed by atoms with E-state index in [4.69, 9.17) is 0 Å². The highest BCUT2D eigenvalue weighted by Gasteiger charge is 2.09. The predicted molar refractivity (Wildman–Crippen MR) is 85.7 cm³/mol. The third-order valence-corrected chi connectivity index (χ3v) is 4.14. The lowest BCUT2D eigenvalue weighted by atomic mass is 10.1. The summed E-state index contributed by atoms with van der Waals surface area (Å²) >= 11 is 1.91. The number of aromatic nitrogens is 1. The van der Waals surface area contributed by atoms with Gasteiger partial charge in [0.1, 0.15) is 0 Å². The summed E-state index contributed by atoms with van der Waals surface area (Å²) in [6.45, 7) is 10.0. The van der Waals surface area contributed by atoms with Crippen LogP contribution in [-0.4, -0.2) is 17.3 Å². The van der Waals surface area contributed by atoms with Crippen LogP contribution in [0.1, 0.15) is 58.7 Å². The normalized spacial score (nSPS) is 12.9. The van der Waals surface area contributed by atoms with E-state index in [1.54, 1.807) is 0 Å². The molecule has 0 aromatic carbocycles. The second kappa shape index (κ2) is 9.38. The van der Waals surface area contributed by atoms with Crippen LogP contribution in [0.3, 0.4) is 0 Å². The van der Waals surface area contributed by atoms with Gasteiger partial charge in [-0.15, -0.1) is 11.8 Å². The smallest absolute Gasteiger partial charge is 0.0573 e. The first-order valence-corrected chi connectivity index (χ1v) is 8.48. The van der Waals surface area contributed by atoms with Crippen molar-refractivity contribution in [1.29, 1.82) is 0 Å². The summed E-state index contributed by atoms with van der Waals surface area (Å²) in [4.78, 5) is 5.90. The monoisotopic (exact) mass is 280 g/mol. The number of nitrogens with zero attached hydrogens (tertiary/aromatic N) is 1. The Morgan fingerprint density at radius 2 is 2.05 bits per heavy atom. The molecule has 0 bridgehead atoms. The molecule has 0 saturated carbocycles. The van der Waals surface area contributed by atoms with Crippen molar-refractivity contribution in [2.24, 2.45) is 5.92 Å². The molecule has 0 fully saturated rings. The zero-order chi connectivity index (χ0) is 14.1. The van der Waals surface area contributed by atoms with Crippen molar-refractivity contribution in [3.8, 4) is 0 Å². The summed E-state index contributed by atoms with van der Waals surface area (Å²) in [6.07, 6.45) is 5.55. The van der Waals surface area contributed by atoms with E-state index >= 15 is 0 Å². The van der Waals surface area contributed by atoms with E-state index < -0.39 is 0 Å². The molecule has 0 radical (unpaired) electrons. The van der Waals surface area contributed by atoms with Crippen LogP contribution in [0.25, 0.3) is 0 Å². The number of hydrogen-bond acceptors (Lipinski definition) is 3. The molecule has 2 nitrogen and oxygen atoms in total. The zero-order valence-corrected chi connectivity index (χ0v) is 13.6. The summed E-state index contributed by atoms with van der Waals surface area (Å²) in [6, 6.07) is 4.78. The van der Waals surface area contributed by atoms with Gasteiger partial charge < -0.3 is 5.32 Å². The fourth-order valence-corrected chi connectivity index (χ4v) is 2.99. The molecule has 1 heterocycles. The maximum atomic E-state index is 4.62. The second-order valence-corrected chi connectivity index (χ2v) is 6.53. The molecule has 0 aliphatic heterocycles. The van der Waals surface area contributed by atoms with Gasteiger partial charge in [-0.1, -0.05) is 27.7 Å². The molecule has 1 rings (SSSR count). The summed E-state index contributed by atoms with van der Waals surface area (Å²) in [7, 11) is 0. The first kappa shape index (κ1) is 16.5. The molecule has 0 amide bonds. The molecule has 3 heteroatoms. The van der Waals surface area contributed by atoms with Gasteiger partial charge in [-0.2, -0.15) is 0 Å². The highest BCUT2D eigenvalue weighted by molar-refractivity contribution is 7.99. The highest BCUT2D eigenvalue weighted by Crippen LogP contribution is 2.22. The Hall–Kier alpha value is -0.540. The minimum Gasteiger partial charge on any atom is -0.309 e. The van der Waals surface area contributed by atoms with Gasteiger partial charge in [0.2, 0.25) is 0 Å². The number of pyridine rings is 1. The quantitative estimate of drug-likeness (QED) is 0.665. The summed E-state index contributed by atoms with van der Waals surface area (Å²) in [5.74, 6) is 1.96. The molecule has 0 spiro atoms. The lowest BCUT2D eigenvalue weighted by Gasteiger charge is -2.16. The van der Waals surface area contributed by atoms with E-state index in [2.05, 4.69) is 50.1 Å². The van der Waals surface area contributed by atoms with Crippen LogP contribution in [0.15, 0.2) is 23.2 Å². The summed E-state index contributed by atoms with van der Waals surface area (Å²) in [5.41, 5.74) is 1.17. The van der Waals surface area contributed by atoms with Crippen LogP contribution in [0, 0.1) is 5.92 Å². The topological polar surface area (TPSA) is 24.9 Å². The first-order chi connectivity index (χ1) is 9.17. The van der Waals surface area contributed by atoms with Crippen molar-refractivity contribution in [2.45, 2.75) is 57.9 Å². The highest BCUT2D eigenvalue weighted by atomic mass is 32.2. The fourth-order valence-electron chi connectivity index (χ4n) is 1.87. The Kier molecular flexibility index (Phi) is 8.15. The third-order valence-electron chi connectivity index (χ3n) is 3.13. The Balaban J connectivity index is 2.49. The summed E-state index contributed by atoms with van der Waals surface area (Å²) < 4.78 is 0. The maximum Gasteiger partial charge on any atom is 0.0573 e. The van der Waals surface area contributed by atoms with E-state index in [1.165, 1.54) is 29.2 Å². The van der Waals surface area contributed by atoms with Gasteiger partial charge in [-0.3, -0.25) is 4.98 Å². The van der Waals surface area contributed by atoms with Gasteiger partial charge in [-0.25, -0.2) is 0 Å². The maximum absolute atomic E-state index is 4.62. The van der Waals surface area contributed by atoms with Gasteiger partial charge >= 0.3 is 0 Å². The van der Waals surface area contributed by atoms with Crippen molar-refractivity contribution in [3.63, 3.8) is 0 Å². The standard InChI is InChI=1S/C16H28N2S/c1-5-10-17-15(6-2)16-8-7-14(12-18-16)19-11-9-13(3)4/h7-8,12-13,15,17H,5-6,9-11H2,1-4H3. The average molecular weight is 280 g/mol. The fraction of sp³-hybridized carbons (Fsp3) is 0.688. The van der Waals surface area contributed by atoms with Crippen molar-refractivity contribution < 1.29 is 0 Å². The number of thioether (sulfide) groups is 1. The Morgan fingerprint density at radius 1 is 1.26 bits per heavy atom. The molecular weight excluding hydrogens is 252 g/mol. The SMILES string of the molecule is CCCNC(CC)c1ccc(SCCC(C)C)cn1. The molecule has 1 unspecified atom stereocenters. The molecule has 19 heavy (non-hydrogen) atoms. The Labute approximate surface area is 122 Å². The van der Waals surface area contributed by atoms with Crippen molar-refractivity contribution in [2.75, 3.05) is 12.3 Å². The van der Waals surface area contributed by atoms with Gasteiger partial charge in [0.05, 0.1) is 5.69 Å². The Bertz CT molecular complexity index is 335. The second-order valence-electron chi connectivity index (χ2n) is 5.36. The van der Waals surface area contributed by atoms with Gasteiger partial charge in [0, 0.05) is 17.1 Å². The van der Waals surface area contributed by atoms with E-state index in [9.17, 15) is 0 Å². The van der Waals surface area contributed by atoms with Crippen LogP contribution >= 0.6 is 11.8 Å².